The number of benzene rings is 3. The average Bonchev–Trinajstić information content (AvgIpc) is 3.13. The van der Waals surface area contributed by atoms with Crippen LogP contribution in [0.25, 0.3) is 6.08 Å². The minimum atomic E-state index is -0.351. The third-order valence-corrected chi connectivity index (χ3v) is 6.71. The molecule has 0 spiro atoms. The van der Waals surface area contributed by atoms with Crippen LogP contribution >= 0.6 is 35.0 Å². The van der Waals surface area contributed by atoms with E-state index in [1.54, 1.807) is 36.4 Å². The van der Waals surface area contributed by atoms with Crippen LogP contribution in [0.4, 0.5) is 4.79 Å². The maximum atomic E-state index is 12.8. The third-order valence-electron chi connectivity index (χ3n) is 5.06. The number of methoxy groups -OCH3 is 1. The molecule has 4 rings (SSSR count). The van der Waals surface area contributed by atoms with E-state index in [0.29, 0.717) is 37.8 Å². The van der Waals surface area contributed by atoms with Gasteiger partial charge in [0.05, 0.1) is 28.6 Å². The van der Waals surface area contributed by atoms with Crippen LogP contribution in [0.5, 0.6) is 17.2 Å². The van der Waals surface area contributed by atoms with Crippen LogP contribution in [-0.2, 0) is 11.4 Å². The summed E-state index contributed by atoms with van der Waals surface area (Å²) >= 11 is 12.9. The van der Waals surface area contributed by atoms with E-state index in [9.17, 15) is 9.59 Å². The Morgan fingerprint density at radius 2 is 1.71 bits per heavy atom. The zero-order chi connectivity index (χ0) is 24.8. The molecule has 3 aromatic carbocycles. The Balaban J connectivity index is 1.40. The van der Waals surface area contributed by atoms with Gasteiger partial charge in [-0.05, 0) is 65.4 Å². The topological polar surface area (TPSA) is 65.1 Å². The number of hydrogen-bond acceptors (Lipinski definition) is 6. The molecule has 6 nitrogen and oxygen atoms in total. The first-order chi connectivity index (χ1) is 16.9. The van der Waals surface area contributed by atoms with Crippen molar-refractivity contribution in [3.8, 4) is 17.2 Å². The van der Waals surface area contributed by atoms with Gasteiger partial charge in [-0.1, -0.05) is 53.5 Å². The molecule has 2 amide bonds. The lowest BCUT2D eigenvalue weighted by molar-refractivity contribution is -0.123. The van der Waals surface area contributed by atoms with Gasteiger partial charge in [0.2, 0.25) is 0 Å². The van der Waals surface area contributed by atoms with Crippen molar-refractivity contribution >= 4 is 52.2 Å². The molecule has 180 valence electrons. The summed E-state index contributed by atoms with van der Waals surface area (Å²) < 4.78 is 16.9. The van der Waals surface area contributed by atoms with Gasteiger partial charge >= 0.3 is 0 Å². The Kier molecular flexibility index (Phi) is 8.23. The van der Waals surface area contributed by atoms with Gasteiger partial charge in [0.15, 0.2) is 11.5 Å². The van der Waals surface area contributed by atoms with Gasteiger partial charge in [0.25, 0.3) is 11.1 Å². The summed E-state index contributed by atoms with van der Waals surface area (Å²) in [5.41, 5.74) is 1.56. The zero-order valence-electron chi connectivity index (χ0n) is 18.7. The monoisotopic (exact) mass is 529 g/mol. The van der Waals surface area contributed by atoms with Gasteiger partial charge in [-0.2, -0.15) is 0 Å². The van der Waals surface area contributed by atoms with Crippen LogP contribution in [0, 0.1) is 0 Å². The summed E-state index contributed by atoms with van der Waals surface area (Å²) in [7, 11) is 1.53. The quantitative estimate of drug-likeness (QED) is 0.287. The van der Waals surface area contributed by atoms with Gasteiger partial charge in [0, 0.05) is 0 Å². The number of ether oxygens (including phenoxy) is 3. The van der Waals surface area contributed by atoms with Gasteiger partial charge in [-0.25, -0.2) is 0 Å². The van der Waals surface area contributed by atoms with E-state index in [1.807, 2.05) is 36.4 Å². The van der Waals surface area contributed by atoms with Crippen molar-refractivity contribution in [2.75, 3.05) is 20.3 Å². The van der Waals surface area contributed by atoms with E-state index in [4.69, 9.17) is 37.4 Å². The Morgan fingerprint density at radius 1 is 0.914 bits per heavy atom. The maximum absolute atomic E-state index is 12.8. The number of nitrogens with zero attached hydrogens (tertiary/aromatic N) is 1. The number of hydrogen-bond donors (Lipinski definition) is 0. The molecule has 0 saturated carbocycles. The normalized spacial score (nSPS) is 14.5. The van der Waals surface area contributed by atoms with Gasteiger partial charge in [-0.15, -0.1) is 0 Å². The molecule has 1 saturated heterocycles. The van der Waals surface area contributed by atoms with Crippen molar-refractivity contribution in [3.63, 3.8) is 0 Å². The number of amides is 2. The molecule has 0 aliphatic carbocycles. The molecule has 3 aromatic rings. The van der Waals surface area contributed by atoms with E-state index in [1.165, 1.54) is 12.0 Å². The molecule has 1 aliphatic rings. The van der Waals surface area contributed by atoms with E-state index in [2.05, 4.69) is 0 Å². The van der Waals surface area contributed by atoms with Crippen LogP contribution < -0.4 is 14.2 Å². The standard InChI is InChI=1S/C26H21Cl2NO5S/c1-32-23-14-17(8-10-22(23)34-16-18-7-9-20(27)21(28)13-18)15-24-25(30)29(26(31)35-24)11-12-33-19-5-3-2-4-6-19/h2-10,13-15H,11-12,16H2,1H3/b24-15-. The van der Waals surface area contributed by atoms with E-state index >= 15 is 0 Å². The Morgan fingerprint density at radius 3 is 2.46 bits per heavy atom. The highest BCUT2D eigenvalue weighted by Crippen LogP contribution is 2.35. The molecule has 0 atom stereocenters. The summed E-state index contributed by atoms with van der Waals surface area (Å²) in [5.74, 6) is 1.36. The second kappa shape index (κ2) is 11.5. The number of halogens is 2. The highest BCUT2D eigenvalue weighted by atomic mass is 35.5. The molecule has 0 N–H and O–H groups in total. The van der Waals surface area contributed by atoms with Crippen molar-refractivity contribution in [2.24, 2.45) is 0 Å². The molecule has 0 aromatic heterocycles. The molecular weight excluding hydrogens is 509 g/mol. The molecule has 1 fully saturated rings. The van der Waals surface area contributed by atoms with E-state index < -0.39 is 0 Å². The summed E-state index contributed by atoms with van der Waals surface area (Å²) in [6, 6.07) is 19.8. The van der Waals surface area contributed by atoms with E-state index in [0.717, 1.165) is 17.3 Å². The third kappa shape index (κ3) is 6.31. The second-order valence-corrected chi connectivity index (χ2v) is 9.25. The van der Waals surface area contributed by atoms with Crippen LogP contribution in [0.1, 0.15) is 11.1 Å². The highest BCUT2D eigenvalue weighted by molar-refractivity contribution is 8.18. The highest BCUT2D eigenvalue weighted by Gasteiger charge is 2.34. The summed E-state index contributed by atoms with van der Waals surface area (Å²) in [5, 5.41) is 0.604. The SMILES string of the molecule is COc1cc(/C=C2\SC(=O)N(CCOc3ccccc3)C2=O)ccc1OCc1ccc(Cl)c(Cl)c1. The summed E-state index contributed by atoms with van der Waals surface area (Å²) in [6.45, 7) is 0.659. The number of thioether (sulfide) groups is 1. The molecule has 1 heterocycles. The fourth-order valence-electron chi connectivity index (χ4n) is 3.30. The Hall–Kier alpha value is -3.13. The zero-order valence-corrected chi connectivity index (χ0v) is 21.0. The molecule has 9 heteroatoms. The first kappa shape index (κ1) is 25.0. The first-order valence-corrected chi connectivity index (χ1v) is 12.2. The predicted molar refractivity (Wildman–Crippen MR) is 138 cm³/mol. The average molecular weight is 530 g/mol. The van der Waals surface area contributed by atoms with Gasteiger partial charge in [-0.3, -0.25) is 14.5 Å². The lowest BCUT2D eigenvalue weighted by atomic mass is 10.1. The minimum absolute atomic E-state index is 0.168. The van der Waals surface area contributed by atoms with Crippen LogP contribution in [0.15, 0.2) is 71.6 Å². The first-order valence-electron chi connectivity index (χ1n) is 10.6. The second-order valence-electron chi connectivity index (χ2n) is 7.44. The van der Waals surface area contributed by atoms with Crippen molar-refractivity contribution in [1.29, 1.82) is 0 Å². The summed E-state index contributed by atoms with van der Waals surface area (Å²) in [4.78, 5) is 26.7. The molecule has 0 radical (unpaired) electrons. The van der Waals surface area contributed by atoms with E-state index in [-0.39, 0.29) is 30.9 Å². The number of carbonyl (C=O) groups is 2. The lowest BCUT2D eigenvalue weighted by Crippen LogP contribution is -2.32. The fraction of sp³-hybridized carbons (Fsp3) is 0.154. The molecule has 35 heavy (non-hydrogen) atoms. The van der Waals surface area contributed by atoms with Gasteiger partial charge < -0.3 is 14.2 Å². The number of imide groups is 1. The fourth-order valence-corrected chi connectivity index (χ4v) is 4.49. The molecule has 1 aliphatic heterocycles. The van der Waals surface area contributed by atoms with Crippen LogP contribution in [0.2, 0.25) is 10.0 Å². The molecule has 0 bridgehead atoms. The smallest absolute Gasteiger partial charge is 0.293 e. The van der Waals surface area contributed by atoms with Crippen molar-refractivity contribution in [3.05, 3.63) is 92.8 Å². The van der Waals surface area contributed by atoms with Crippen LogP contribution in [-0.4, -0.2) is 36.3 Å². The van der Waals surface area contributed by atoms with Crippen LogP contribution in [0.3, 0.4) is 0 Å². The van der Waals surface area contributed by atoms with Gasteiger partial charge in [0.1, 0.15) is 19.0 Å². The van der Waals surface area contributed by atoms with Crippen molar-refractivity contribution < 1.29 is 23.8 Å². The minimum Gasteiger partial charge on any atom is -0.493 e. The Bertz CT molecular complexity index is 1270. The molecule has 0 unspecified atom stereocenters. The Labute approximate surface area is 217 Å². The number of rotatable bonds is 9. The largest absolute Gasteiger partial charge is 0.493 e. The van der Waals surface area contributed by atoms with Crippen molar-refractivity contribution in [1.82, 2.24) is 4.90 Å². The van der Waals surface area contributed by atoms with Crippen molar-refractivity contribution in [2.45, 2.75) is 6.61 Å². The number of para-hydroxylation sites is 1. The number of carbonyl (C=O) groups excluding carboxylic acids is 2. The lowest BCUT2D eigenvalue weighted by Gasteiger charge is -2.13. The maximum Gasteiger partial charge on any atom is 0.293 e. The summed E-state index contributed by atoms with van der Waals surface area (Å²) in [6.07, 6.45) is 1.66. The molecular formula is C26H21Cl2NO5S. The predicted octanol–water partition coefficient (Wildman–Crippen LogP) is 6.70.